The molecule has 4 heteroatoms. The Labute approximate surface area is 135 Å². The highest BCUT2D eigenvalue weighted by Gasteiger charge is 2.18. The van der Waals surface area contributed by atoms with Gasteiger partial charge in [-0.25, -0.2) is 9.18 Å². The second kappa shape index (κ2) is 6.73. The minimum absolute atomic E-state index is 0.216. The first-order chi connectivity index (χ1) is 10.8. The van der Waals surface area contributed by atoms with E-state index in [1.807, 2.05) is 33.8 Å². The van der Waals surface area contributed by atoms with Crippen LogP contribution < -0.4 is 0 Å². The van der Waals surface area contributed by atoms with E-state index in [2.05, 4.69) is 0 Å². The highest BCUT2D eigenvalue weighted by Crippen LogP contribution is 2.22. The van der Waals surface area contributed by atoms with E-state index in [1.54, 1.807) is 0 Å². The highest BCUT2D eigenvalue weighted by molar-refractivity contribution is 6.02. The van der Waals surface area contributed by atoms with E-state index in [0.29, 0.717) is 5.56 Å². The van der Waals surface area contributed by atoms with E-state index in [1.165, 1.54) is 24.3 Å². The number of benzene rings is 2. The largest absolute Gasteiger partial charge is 0.454 e. The lowest BCUT2D eigenvalue weighted by atomic mass is 9.92. The lowest BCUT2D eigenvalue weighted by Crippen LogP contribution is -2.17. The summed E-state index contributed by atoms with van der Waals surface area (Å²) in [5, 5.41) is 0. The van der Waals surface area contributed by atoms with E-state index < -0.39 is 11.8 Å². The average Bonchev–Trinajstić information content (AvgIpc) is 2.51. The Balaban J connectivity index is 2.14. The molecule has 0 radical (unpaired) electrons. The summed E-state index contributed by atoms with van der Waals surface area (Å²) in [7, 11) is 0. The third-order valence-corrected chi connectivity index (χ3v) is 4.06. The molecule has 0 aromatic heterocycles. The summed E-state index contributed by atoms with van der Waals surface area (Å²) in [6, 6.07) is 7.05. The first-order valence-corrected chi connectivity index (χ1v) is 7.34. The van der Waals surface area contributed by atoms with Crippen molar-refractivity contribution in [1.82, 2.24) is 0 Å². The average molecular weight is 314 g/mol. The van der Waals surface area contributed by atoms with Gasteiger partial charge in [0.25, 0.3) is 0 Å². The maximum Gasteiger partial charge on any atom is 0.338 e. The second-order valence-corrected chi connectivity index (χ2v) is 5.64. The molecule has 0 amide bonds. The number of rotatable bonds is 4. The van der Waals surface area contributed by atoms with Crippen LogP contribution in [-0.4, -0.2) is 18.4 Å². The number of ketones is 1. The van der Waals surface area contributed by atoms with Gasteiger partial charge < -0.3 is 4.74 Å². The quantitative estimate of drug-likeness (QED) is 0.630. The number of carbonyl (C=O) groups is 2. The van der Waals surface area contributed by atoms with Gasteiger partial charge >= 0.3 is 5.97 Å². The molecule has 0 aliphatic heterocycles. The summed E-state index contributed by atoms with van der Waals surface area (Å²) in [4.78, 5) is 24.3. The molecule has 2 aromatic carbocycles. The molecule has 0 fully saturated rings. The Morgan fingerprint density at radius 3 is 2.00 bits per heavy atom. The fourth-order valence-corrected chi connectivity index (χ4v) is 2.51. The van der Waals surface area contributed by atoms with Crippen LogP contribution in [0.15, 0.2) is 30.3 Å². The monoisotopic (exact) mass is 314 g/mol. The smallest absolute Gasteiger partial charge is 0.338 e. The molecule has 0 atom stereocenters. The van der Waals surface area contributed by atoms with Crippen molar-refractivity contribution in [1.29, 1.82) is 0 Å². The zero-order valence-corrected chi connectivity index (χ0v) is 13.7. The number of ether oxygens (including phenoxy) is 1. The molecule has 3 nitrogen and oxygen atoms in total. The number of hydrogen-bond donors (Lipinski definition) is 0. The van der Waals surface area contributed by atoms with Crippen LogP contribution in [0.1, 0.15) is 43.0 Å². The maximum absolute atomic E-state index is 12.8. The molecular weight excluding hydrogens is 295 g/mol. The van der Waals surface area contributed by atoms with Crippen LogP contribution in [0.4, 0.5) is 4.39 Å². The predicted octanol–water partition coefficient (Wildman–Crippen LogP) is 4.10. The van der Waals surface area contributed by atoms with Crippen LogP contribution in [0.2, 0.25) is 0 Å². The van der Waals surface area contributed by atoms with Gasteiger partial charge in [-0.2, -0.15) is 0 Å². The molecule has 0 saturated heterocycles. The maximum atomic E-state index is 12.8. The third-order valence-electron chi connectivity index (χ3n) is 4.06. The summed E-state index contributed by atoms with van der Waals surface area (Å²) in [5.74, 6) is -1.31. The summed E-state index contributed by atoms with van der Waals surface area (Å²) >= 11 is 0. The summed E-state index contributed by atoms with van der Waals surface area (Å²) in [6.07, 6.45) is 0. The fraction of sp³-hybridized carbons (Fsp3) is 0.263. The van der Waals surface area contributed by atoms with Gasteiger partial charge in [0.15, 0.2) is 6.61 Å². The van der Waals surface area contributed by atoms with E-state index in [4.69, 9.17) is 4.74 Å². The Kier molecular flexibility index (Phi) is 4.94. The molecule has 0 spiro atoms. The Bertz CT molecular complexity index is 735. The minimum Gasteiger partial charge on any atom is -0.454 e. The van der Waals surface area contributed by atoms with E-state index in [9.17, 15) is 14.0 Å². The highest BCUT2D eigenvalue weighted by atomic mass is 19.1. The van der Waals surface area contributed by atoms with Crippen LogP contribution in [0.5, 0.6) is 0 Å². The van der Waals surface area contributed by atoms with Gasteiger partial charge in [-0.3, -0.25) is 4.79 Å². The molecule has 0 unspecified atom stereocenters. The molecule has 0 aliphatic rings. The molecule has 2 rings (SSSR count). The van der Waals surface area contributed by atoms with E-state index in [0.717, 1.165) is 22.3 Å². The van der Waals surface area contributed by atoms with E-state index in [-0.39, 0.29) is 18.0 Å². The van der Waals surface area contributed by atoms with Crippen molar-refractivity contribution in [2.24, 2.45) is 0 Å². The Morgan fingerprint density at radius 2 is 1.48 bits per heavy atom. The fourth-order valence-electron chi connectivity index (χ4n) is 2.51. The van der Waals surface area contributed by atoms with Gasteiger partial charge in [-0.15, -0.1) is 0 Å². The predicted molar refractivity (Wildman–Crippen MR) is 86.4 cm³/mol. The molecular formula is C19H19FO3. The molecule has 0 N–H and O–H groups in total. The van der Waals surface area contributed by atoms with Crippen molar-refractivity contribution >= 4 is 11.8 Å². The minimum atomic E-state index is -0.641. The van der Waals surface area contributed by atoms with Gasteiger partial charge in [-0.1, -0.05) is 6.07 Å². The Hall–Kier alpha value is -2.49. The van der Waals surface area contributed by atoms with Crippen molar-refractivity contribution in [3.05, 3.63) is 69.5 Å². The van der Waals surface area contributed by atoms with Crippen molar-refractivity contribution in [2.75, 3.05) is 6.61 Å². The van der Waals surface area contributed by atoms with Crippen LogP contribution >= 0.6 is 0 Å². The van der Waals surface area contributed by atoms with E-state index >= 15 is 0 Å². The number of halogens is 1. The number of hydrogen-bond acceptors (Lipinski definition) is 3. The third kappa shape index (κ3) is 3.65. The normalized spacial score (nSPS) is 10.5. The van der Waals surface area contributed by atoms with Crippen molar-refractivity contribution in [3.63, 3.8) is 0 Å². The van der Waals surface area contributed by atoms with Gasteiger partial charge in [0.05, 0.1) is 5.56 Å². The zero-order valence-electron chi connectivity index (χ0n) is 13.7. The number of carbonyl (C=O) groups excluding carboxylic acids is 2. The van der Waals surface area contributed by atoms with Crippen molar-refractivity contribution in [3.8, 4) is 0 Å². The Morgan fingerprint density at radius 1 is 0.957 bits per heavy atom. The number of Topliss-reactive ketones (excluding diaryl/α,β-unsaturated/α-hetero) is 1. The van der Waals surface area contributed by atoms with Crippen LogP contribution in [0, 0.1) is 33.5 Å². The number of aryl methyl sites for hydroxylation is 2. The topological polar surface area (TPSA) is 43.4 Å². The molecule has 2 aromatic rings. The van der Waals surface area contributed by atoms with Gasteiger partial charge in [-0.05, 0) is 74.2 Å². The lowest BCUT2D eigenvalue weighted by Gasteiger charge is -2.14. The summed E-state index contributed by atoms with van der Waals surface area (Å²) < 4.78 is 17.9. The van der Waals surface area contributed by atoms with Crippen LogP contribution in [0.3, 0.4) is 0 Å². The first kappa shape index (κ1) is 16.9. The molecule has 0 saturated carbocycles. The summed E-state index contributed by atoms with van der Waals surface area (Å²) in [5.41, 5.74) is 4.68. The molecule has 23 heavy (non-hydrogen) atoms. The van der Waals surface area contributed by atoms with Crippen molar-refractivity contribution < 1.29 is 18.7 Å². The van der Waals surface area contributed by atoms with Gasteiger partial charge in [0.1, 0.15) is 5.82 Å². The van der Waals surface area contributed by atoms with Crippen molar-refractivity contribution in [2.45, 2.75) is 27.7 Å². The molecule has 120 valence electrons. The zero-order chi connectivity index (χ0) is 17.1. The SMILES string of the molecule is Cc1cc(C)c(C)c(C(=O)COC(=O)c2ccc(F)cc2)c1C. The first-order valence-electron chi connectivity index (χ1n) is 7.34. The van der Waals surface area contributed by atoms with Crippen LogP contribution in [-0.2, 0) is 4.74 Å². The number of esters is 1. The second-order valence-electron chi connectivity index (χ2n) is 5.64. The molecule has 0 bridgehead atoms. The lowest BCUT2D eigenvalue weighted by molar-refractivity contribution is 0.0474. The van der Waals surface area contributed by atoms with Crippen LogP contribution in [0.25, 0.3) is 0 Å². The van der Waals surface area contributed by atoms with Gasteiger partial charge in [0, 0.05) is 5.56 Å². The molecule has 0 heterocycles. The summed E-state index contributed by atoms with van der Waals surface area (Å²) in [6.45, 7) is 7.33. The van der Waals surface area contributed by atoms with Gasteiger partial charge in [0.2, 0.25) is 5.78 Å². The molecule has 0 aliphatic carbocycles. The standard InChI is InChI=1S/C19H19FO3/c1-11-9-12(2)14(4)18(13(11)3)17(21)10-23-19(22)15-5-7-16(20)8-6-15/h5-9H,10H2,1-4H3.